The number of carbonyl (C=O) groups is 1. The van der Waals surface area contributed by atoms with E-state index >= 15 is 0 Å². The van der Waals surface area contributed by atoms with Crippen LogP contribution in [0, 0.1) is 5.82 Å². The minimum Gasteiger partial charge on any atom is -0.491 e. The zero-order valence-corrected chi connectivity index (χ0v) is 13.6. The van der Waals surface area contributed by atoms with Gasteiger partial charge in [-0.1, -0.05) is 18.2 Å². The van der Waals surface area contributed by atoms with Gasteiger partial charge in [0.25, 0.3) is 11.5 Å². The van der Waals surface area contributed by atoms with E-state index in [1.807, 2.05) is 0 Å². The average molecular weight is 340 g/mol. The third kappa shape index (κ3) is 3.85. The van der Waals surface area contributed by atoms with Crippen LogP contribution >= 0.6 is 0 Å². The lowest BCUT2D eigenvalue weighted by molar-refractivity contribution is 0.0928. The highest BCUT2D eigenvalue weighted by Gasteiger charge is 2.14. The number of pyridine rings is 1. The number of fused-ring (bicyclic) bond motifs is 1. The van der Waals surface area contributed by atoms with E-state index in [1.165, 1.54) is 30.5 Å². The van der Waals surface area contributed by atoms with Gasteiger partial charge in [-0.05, 0) is 37.3 Å². The Labute approximate surface area is 143 Å². The molecule has 0 aliphatic rings. The molecule has 3 aromatic rings. The monoisotopic (exact) mass is 340 g/mol. The fraction of sp³-hybridized carbons (Fsp3) is 0.158. The van der Waals surface area contributed by atoms with Crippen LogP contribution in [-0.2, 0) is 0 Å². The van der Waals surface area contributed by atoms with Gasteiger partial charge >= 0.3 is 0 Å². The number of aromatic nitrogens is 1. The number of aromatic amines is 1. The van der Waals surface area contributed by atoms with Crippen molar-refractivity contribution in [1.29, 1.82) is 0 Å². The molecule has 1 amide bonds. The van der Waals surface area contributed by atoms with Crippen molar-refractivity contribution in [3.05, 3.63) is 76.5 Å². The number of amides is 1. The van der Waals surface area contributed by atoms with Crippen LogP contribution in [0.15, 0.2) is 59.5 Å². The Bertz CT molecular complexity index is 951. The SMILES string of the molecule is CC(COc1ccc(F)cc1)NC(=O)c1c[nH]c(=O)c2ccccc12. The summed E-state index contributed by atoms with van der Waals surface area (Å²) >= 11 is 0. The molecule has 1 aromatic heterocycles. The molecular weight excluding hydrogens is 323 g/mol. The first-order valence-electron chi connectivity index (χ1n) is 7.84. The molecule has 0 bridgehead atoms. The van der Waals surface area contributed by atoms with E-state index in [4.69, 9.17) is 4.74 Å². The van der Waals surface area contributed by atoms with Crippen LogP contribution in [0.1, 0.15) is 17.3 Å². The molecule has 128 valence electrons. The van der Waals surface area contributed by atoms with E-state index < -0.39 is 0 Å². The molecule has 0 radical (unpaired) electrons. The maximum Gasteiger partial charge on any atom is 0.255 e. The lowest BCUT2D eigenvalue weighted by Crippen LogP contribution is -2.37. The van der Waals surface area contributed by atoms with E-state index in [0.29, 0.717) is 22.1 Å². The smallest absolute Gasteiger partial charge is 0.255 e. The molecule has 0 saturated heterocycles. The number of carbonyl (C=O) groups excluding carboxylic acids is 1. The minimum atomic E-state index is -0.335. The number of hydrogen-bond acceptors (Lipinski definition) is 3. The maximum atomic E-state index is 12.9. The standard InChI is InChI=1S/C19H17FN2O3/c1-12(11-25-14-8-6-13(20)7-9-14)22-19(24)17-10-21-18(23)16-5-3-2-4-15(16)17/h2-10,12H,11H2,1H3,(H,21,23)(H,22,24). The zero-order chi connectivity index (χ0) is 17.8. The van der Waals surface area contributed by atoms with Crippen molar-refractivity contribution in [1.82, 2.24) is 10.3 Å². The quantitative estimate of drug-likeness (QED) is 0.750. The molecule has 25 heavy (non-hydrogen) atoms. The van der Waals surface area contributed by atoms with Crippen molar-refractivity contribution in [2.75, 3.05) is 6.61 Å². The fourth-order valence-electron chi connectivity index (χ4n) is 2.49. The topological polar surface area (TPSA) is 71.2 Å². The Morgan fingerprint density at radius 1 is 1.16 bits per heavy atom. The Morgan fingerprint density at radius 2 is 1.84 bits per heavy atom. The number of ether oxygens (including phenoxy) is 1. The van der Waals surface area contributed by atoms with Gasteiger partial charge in [0.2, 0.25) is 0 Å². The maximum absolute atomic E-state index is 12.9. The van der Waals surface area contributed by atoms with Crippen molar-refractivity contribution in [2.24, 2.45) is 0 Å². The third-order valence-electron chi connectivity index (χ3n) is 3.75. The summed E-state index contributed by atoms with van der Waals surface area (Å²) in [5.41, 5.74) is 0.156. The number of halogens is 1. The van der Waals surface area contributed by atoms with Gasteiger partial charge in [0.1, 0.15) is 18.2 Å². The average Bonchev–Trinajstić information content (AvgIpc) is 2.61. The van der Waals surface area contributed by atoms with Crippen LogP contribution in [0.3, 0.4) is 0 Å². The number of hydrogen-bond donors (Lipinski definition) is 2. The van der Waals surface area contributed by atoms with E-state index in [9.17, 15) is 14.0 Å². The lowest BCUT2D eigenvalue weighted by atomic mass is 10.1. The van der Waals surface area contributed by atoms with Gasteiger partial charge in [-0.3, -0.25) is 9.59 Å². The van der Waals surface area contributed by atoms with Crippen LogP contribution in [0.4, 0.5) is 4.39 Å². The van der Waals surface area contributed by atoms with Crippen LogP contribution < -0.4 is 15.6 Å². The summed E-state index contributed by atoms with van der Waals surface area (Å²) in [4.78, 5) is 26.9. The normalized spacial score (nSPS) is 11.9. The summed E-state index contributed by atoms with van der Waals surface area (Å²) in [5, 5.41) is 3.89. The molecule has 1 atom stereocenters. The Hall–Kier alpha value is -3.15. The first kappa shape index (κ1) is 16.7. The van der Waals surface area contributed by atoms with Crippen molar-refractivity contribution in [2.45, 2.75) is 13.0 Å². The van der Waals surface area contributed by atoms with Crippen molar-refractivity contribution in [3.8, 4) is 5.75 Å². The zero-order valence-electron chi connectivity index (χ0n) is 13.6. The number of nitrogens with one attached hydrogen (secondary N) is 2. The van der Waals surface area contributed by atoms with Gasteiger partial charge in [0, 0.05) is 17.0 Å². The molecule has 1 heterocycles. The molecule has 0 fully saturated rings. The summed E-state index contributed by atoms with van der Waals surface area (Å²) in [6.07, 6.45) is 1.41. The largest absolute Gasteiger partial charge is 0.491 e. The Morgan fingerprint density at radius 3 is 2.56 bits per heavy atom. The number of benzene rings is 2. The van der Waals surface area contributed by atoms with E-state index in [1.54, 1.807) is 31.2 Å². The molecule has 5 nitrogen and oxygen atoms in total. The number of H-pyrrole nitrogens is 1. The Kier molecular flexibility index (Phi) is 4.79. The molecule has 0 aliphatic heterocycles. The lowest BCUT2D eigenvalue weighted by Gasteiger charge is -2.15. The van der Waals surface area contributed by atoms with Crippen molar-refractivity contribution in [3.63, 3.8) is 0 Å². The van der Waals surface area contributed by atoms with Crippen LogP contribution in [-0.4, -0.2) is 23.5 Å². The minimum absolute atomic E-state index is 0.235. The molecule has 3 rings (SSSR count). The summed E-state index contributed by atoms with van der Waals surface area (Å²) in [6, 6.07) is 12.3. The summed E-state index contributed by atoms with van der Waals surface area (Å²) in [6.45, 7) is 2.04. The molecule has 0 saturated carbocycles. The van der Waals surface area contributed by atoms with Crippen LogP contribution in [0.5, 0.6) is 5.75 Å². The summed E-state index contributed by atoms with van der Waals surface area (Å²) < 4.78 is 18.4. The van der Waals surface area contributed by atoms with Gasteiger partial charge < -0.3 is 15.0 Å². The van der Waals surface area contributed by atoms with Crippen LogP contribution in [0.2, 0.25) is 0 Å². The van der Waals surface area contributed by atoms with Gasteiger partial charge in [-0.15, -0.1) is 0 Å². The van der Waals surface area contributed by atoms with Crippen molar-refractivity contribution >= 4 is 16.7 Å². The number of rotatable bonds is 5. The van der Waals surface area contributed by atoms with Gasteiger partial charge in [0.05, 0.1) is 11.6 Å². The van der Waals surface area contributed by atoms with Gasteiger partial charge in [-0.2, -0.15) is 0 Å². The molecule has 0 spiro atoms. The van der Waals surface area contributed by atoms with Crippen LogP contribution in [0.25, 0.3) is 10.8 Å². The molecule has 2 N–H and O–H groups in total. The van der Waals surface area contributed by atoms with E-state index in [-0.39, 0.29) is 29.9 Å². The highest BCUT2D eigenvalue weighted by molar-refractivity contribution is 6.06. The molecule has 0 aliphatic carbocycles. The van der Waals surface area contributed by atoms with Gasteiger partial charge in [0.15, 0.2) is 0 Å². The molecule has 2 aromatic carbocycles. The summed E-state index contributed by atoms with van der Waals surface area (Å²) in [7, 11) is 0. The van der Waals surface area contributed by atoms with E-state index in [0.717, 1.165) is 0 Å². The highest BCUT2D eigenvalue weighted by atomic mass is 19.1. The fourth-order valence-corrected chi connectivity index (χ4v) is 2.49. The Balaban J connectivity index is 1.69. The van der Waals surface area contributed by atoms with Crippen molar-refractivity contribution < 1.29 is 13.9 Å². The third-order valence-corrected chi connectivity index (χ3v) is 3.75. The predicted molar refractivity (Wildman–Crippen MR) is 93.4 cm³/mol. The first-order valence-corrected chi connectivity index (χ1v) is 7.84. The molecule has 6 heteroatoms. The summed E-state index contributed by atoms with van der Waals surface area (Å²) in [5.74, 6) is -0.113. The second-order valence-electron chi connectivity index (χ2n) is 5.72. The molecular formula is C19H17FN2O3. The first-order chi connectivity index (χ1) is 12.0. The predicted octanol–water partition coefficient (Wildman–Crippen LogP) is 2.86. The highest BCUT2D eigenvalue weighted by Crippen LogP contribution is 2.15. The second-order valence-corrected chi connectivity index (χ2v) is 5.72. The van der Waals surface area contributed by atoms with Gasteiger partial charge in [-0.25, -0.2) is 4.39 Å². The van der Waals surface area contributed by atoms with E-state index in [2.05, 4.69) is 10.3 Å². The molecule has 1 unspecified atom stereocenters. The second kappa shape index (κ2) is 7.17.